The van der Waals surface area contributed by atoms with Gasteiger partial charge in [-0.05, 0) is 31.2 Å². The normalized spacial score (nSPS) is 22.1. The van der Waals surface area contributed by atoms with Crippen LogP contribution in [0.15, 0.2) is 39.8 Å². The van der Waals surface area contributed by atoms with E-state index in [1.54, 1.807) is 0 Å². The van der Waals surface area contributed by atoms with E-state index in [4.69, 9.17) is 15.2 Å². The number of amidine groups is 1. The lowest BCUT2D eigenvalue weighted by Crippen LogP contribution is -2.42. The average molecular weight is 377 g/mol. The fourth-order valence-corrected chi connectivity index (χ4v) is 3.60. The molecule has 0 saturated carbocycles. The van der Waals surface area contributed by atoms with Crippen molar-refractivity contribution < 1.29 is 13.9 Å². The van der Waals surface area contributed by atoms with E-state index in [1.807, 2.05) is 31.2 Å². The molecule has 1 atom stereocenters. The van der Waals surface area contributed by atoms with Crippen LogP contribution in [0.2, 0.25) is 0 Å². The molecule has 0 unspecified atom stereocenters. The molecule has 2 aromatic carbocycles. The van der Waals surface area contributed by atoms with E-state index < -0.39 is 11.4 Å². The quantitative estimate of drug-likeness (QED) is 0.763. The lowest BCUT2D eigenvalue weighted by Gasteiger charge is -2.39. The first-order chi connectivity index (χ1) is 11.0. The molecule has 0 fully saturated rings. The summed E-state index contributed by atoms with van der Waals surface area (Å²) in [6, 6.07) is 8.93. The summed E-state index contributed by atoms with van der Waals surface area (Å²) >= 11 is 3.34. The summed E-state index contributed by atoms with van der Waals surface area (Å²) in [5, 5.41) is 0. The van der Waals surface area contributed by atoms with Crippen molar-refractivity contribution in [2.75, 3.05) is 13.2 Å². The van der Waals surface area contributed by atoms with E-state index in [-0.39, 0.29) is 19.0 Å². The number of nitrogens with zero attached hydrogens (tertiary/aromatic N) is 1. The average Bonchev–Trinajstić information content (AvgIpc) is 2.50. The molecule has 2 heterocycles. The largest absolute Gasteiger partial charge is 0.453 e. The summed E-state index contributed by atoms with van der Waals surface area (Å²) in [6.45, 7) is 2.55. The van der Waals surface area contributed by atoms with Crippen molar-refractivity contribution in [3.05, 3.63) is 57.3 Å². The van der Waals surface area contributed by atoms with E-state index in [1.165, 1.54) is 6.07 Å². The van der Waals surface area contributed by atoms with Crippen molar-refractivity contribution in [2.45, 2.75) is 12.5 Å². The monoisotopic (exact) mass is 376 g/mol. The second kappa shape index (κ2) is 5.04. The van der Waals surface area contributed by atoms with Crippen molar-refractivity contribution >= 4 is 21.8 Å². The number of aliphatic imine (C=N–C) groups is 1. The molecule has 4 rings (SSSR count). The molecular formula is C17H14BrFN2O2. The van der Waals surface area contributed by atoms with Gasteiger partial charge in [0.25, 0.3) is 0 Å². The molecule has 2 N–H and O–H groups in total. The van der Waals surface area contributed by atoms with Crippen LogP contribution in [0.3, 0.4) is 0 Å². The molecule has 2 aliphatic heterocycles. The maximum Gasteiger partial charge on any atom is 0.169 e. The molecule has 1 spiro atoms. The minimum atomic E-state index is -0.887. The third-order valence-electron chi connectivity index (χ3n) is 4.14. The summed E-state index contributed by atoms with van der Waals surface area (Å²) < 4.78 is 26.6. The highest BCUT2D eigenvalue weighted by atomic mass is 79.9. The van der Waals surface area contributed by atoms with Gasteiger partial charge in [-0.3, -0.25) is 4.99 Å². The molecular weight excluding hydrogens is 363 g/mol. The first-order valence-electron chi connectivity index (χ1n) is 7.20. The summed E-state index contributed by atoms with van der Waals surface area (Å²) in [5.74, 6) is 0.689. The van der Waals surface area contributed by atoms with Gasteiger partial charge >= 0.3 is 0 Å². The Hall–Kier alpha value is -1.92. The lowest BCUT2D eigenvalue weighted by molar-refractivity contribution is 0.109. The Labute approximate surface area is 141 Å². The van der Waals surface area contributed by atoms with Gasteiger partial charge in [-0.15, -0.1) is 0 Å². The minimum Gasteiger partial charge on any atom is -0.453 e. The van der Waals surface area contributed by atoms with Gasteiger partial charge in [0.05, 0.1) is 6.61 Å². The predicted octanol–water partition coefficient (Wildman–Crippen LogP) is 3.63. The number of ether oxygens (including phenoxy) is 2. The molecule has 6 heteroatoms. The third-order valence-corrected chi connectivity index (χ3v) is 4.60. The Morgan fingerprint density at radius 2 is 2.09 bits per heavy atom. The minimum absolute atomic E-state index is 0.173. The van der Waals surface area contributed by atoms with Crippen LogP contribution in [0.5, 0.6) is 11.5 Å². The highest BCUT2D eigenvalue weighted by Gasteiger charge is 2.45. The number of nitrogens with two attached hydrogens (primary N) is 1. The van der Waals surface area contributed by atoms with E-state index in [2.05, 4.69) is 20.9 Å². The van der Waals surface area contributed by atoms with Crippen LogP contribution < -0.4 is 10.5 Å². The number of aryl methyl sites for hydroxylation is 1. The Bertz CT molecular complexity index is 853. The maximum atomic E-state index is 14.5. The van der Waals surface area contributed by atoms with E-state index in [9.17, 15) is 4.39 Å². The van der Waals surface area contributed by atoms with Gasteiger partial charge in [-0.25, -0.2) is 4.39 Å². The predicted molar refractivity (Wildman–Crippen MR) is 88.6 cm³/mol. The fourth-order valence-electron chi connectivity index (χ4n) is 3.17. The number of halogens is 2. The molecule has 0 amide bonds. The summed E-state index contributed by atoms with van der Waals surface area (Å²) in [4.78, 5) is 4.68. The molecule has 2 aromatic rings. The first kappa shape index (κ1) is 14.7. The van der Waals surface area contributed by atoms with Crippen molar-refractivity contribution in [3.63, 3.8) is 0 Å². The molecule has 4 nitrogen and oxygen atoms in total. The lowest BCUT2D eigenvalue weighted by atomic mass is 9.80. The van der Waals surface area contributed by atoms with Gasteiger partial charge in [0, 0.05) is 15.6 Å². The summed E-state index contributed by atoms with van der Waals surface area (Å²) in [7, 11) is 0. The van der Waals surface area contributed by atoms with Crippen LogP contribution in [0, 0.1) is 12.7 Å². The van der Waals surface area contributed by atoms with Gasteiger partial charge in [-0.1, -0.05) is 27.6 Å². The Kier molecular flexibility index (Phi) is 3.21. The van der Waals surface area contributed by atoms with Crippen molar-refractivity contribution in [1.29, 1.82) is 0 Å². The number of benzene rings is 2. The van der Waals surface area contributed by atoms with Gasteiger partial charge in [0.2, 0.25) is 0 Å². The highest BCUT2D eigenvalue weighted by Crippen LogP contribution is 2.51. The molecule has 23 heavy (non-hydrogen) atoms. The maximum absolute atomic E-state index is 14.5. The molecule has 2 aliphatic rings. The van der Waals surface area contributed by atoms with Crippen LogP contribution in [0.1, 0.15) is 16.7 Å². The SMILES string of the molecule is Cc1ccc2c(c1)[C@@]1(COCC(N)=N1)c1cc(Br)cc(F)c1O2. The van der Waals surface area contributed by atoms with E-state index >= 15 is 0 Å². The van der Waals surface area contributed by atoms with E-state index in [0.29, 0.717) is 21.6 Å². The molecule has 0 aliphatic carbocycles. The zero-order valence-corrected chi connectivity index (χ0v) is 14.0. The van der Waals surface area contributed by atoms with Crippen molar-refractivity contribution in [3.8, 4) is 11.5 Å². The van der Waals surface area contributed by atoms with Crippen molar-refractivity contribution in [1.82, 2.24) is 0 Å². The topological polar surface area (TPSA) is 56.8 Å². The fraction of sp³-hybridized carbons (Fsp3) is 0.235. The standard InChI is InChI=1S/C17H14BrFN2O2/c1-9-2-3-14-11(4-9)17(8-22-7-15(20)21-17)12-5-10(18)6-13(19)16(12)23-14/h2-6H,7-8H2,1H3,(H2,20,21)/t17-/m0/s1. The first-order valence-corrected chi connectivity index (χ1v) is 7.99. The van der Waals surface area contributed by atoms with Crippen LogP contribution in [0.25, 0.3) is 0 Å². The van der Waals surface area contributed by atoms with Gasteiger partial charge < -0.3 is 15.2 Å². The van der Waals surface area contributed by atoms with Gasteiger partial charge in [0.15, 0.2) is 11.6 Å². The summed E-state index contributed by atoms with van der Waals surface area (Å²) in [6.07, 6.45) is 0. The van der Waals surface area contributed by atoms with Gasteiger partial charge in [0.1, 0.15) is 23.7 Å². The van der Waals surface area contributed by atoms with Crippen LogP contribution in [-0.2, 0) is 10.3 Å². The second-order valence-corrected chi connectivity index (χ2v) is 6.74. The number of hydrogen-bond donors (Lipinski definition) is 1. The molecule has 0 radical (unpaired) electrons. The Morgan fingerprint density at radius 1 is 1.26 bits per heavy atom. The van der Waals surface area contributed by atoms with Crippen molar-refractivity contribution in [2.24, 2.45) is 10.7 Å². The zero-order chi connectivity index (χ0) is 16.2. The molecule has 118 valence electrons. The number of fused-ring (bicyclic) bond motifs is 4. The zero-order valence-electron chi connectivity index (χ0n) is 12.4. The Morgan fingerprint density at radius 3 is 2.87 bits per heavy atom. The van der Waals surface area contributed by atoms with Crippen LogP contribution >= 0.6 is 15.9 Å². The second-order valence-electron chi connectivity index (χ2n) is 5.82. The number of rotatable bonds is 0. The molecule has 0 bridgehead atoms. The third kappa shape index (κ3) is 2.16. The van der Waals surface area contributed by atoms with Crippen LogP contribution in [-0.4, -0.2) is 19.0 Å². The number of hydrogen-bond acceptors (Lipinski definition) is 4. The highest BCUT2D eigenvalue weighted by molar-refractivity contribution is 9.10. The molecule has 0 aromatic heterocycles. The van der Waals surface area contributed by atoms with Crippen LogP contribution in [0.4, 0.5) is 4.39 Å². The molecule has 0 saturated heterocycles. The Balaban J connectivity index is 2.08. The van der Waals surface area contributed by atoms with Gasteiger partial charge in [-0.2, -0.15) is 0 Å². The summed E-state index contributed by atoms with van der Waals surface area (Å²) in [5.41, 5.74) is 7.57. The smallest absolute Gasteiger partial charge is 0.169 e. The van der Waals surface area contributed by atoms with E-state index in [0.717, 1.165) is 11.1 Å².